The van der Waals surface area contributed by atoms with Crippen molar-refractivity contribution < 1.29 is 24.5 Å². The monoisotopic (exact) mass is 720 g/mol. The van der Waals surface area contributed by atoms with E-state index in [1.54, 1.807) is 6.20 Å². The molecule has 0 aliphatic rings. The summed E-state index contributed by atoms with van der Waals surface area (Å²) in [5.74, 6) is 0.534. The second kappa shape index (κ2) is 12.4. The molecule has 0 N–H and O–H groups in total. The molecule has 4 heterocycles. The minimum absolute atomic E-state index is 0. The SMILES string of the molecule is CC(C)c1cc(-c2[c-]cccc2)ncc1[Si](C)(C)C.Cc1ccc2c(n1)oc1c(-c3ccccn3)[c-]ccc12.[Ir]. The van der Waals surface area contributed by atoms with Gasteiger partial charge in [-0.15, -0.1) is 54.1 Å². The second-order valence-corrected chi connectivity index (χ2v) is 16.1. The van der Waals surface area contributed by atoms with E-state index in [1.807, 2.05) is 67.6 Å². The minimum atomic E-state index is -1.34. The molecule has 0 aliphatic heterocycles. The van der Waals surface area contributed by atoms with Crippen molar-refractivity contribution in [1.82, 2.24) is 15.0 Å². The molecule has 1 radical (unpaired) electrons. The van der Waals surface area contributed by atoms with Crippen LogP contribution in [0.4, 0.5) is 0 Å². The molecule has 0 saturated carbocycles. The van der Waals surface area contributed by atoms with Gasteiger partial charge in [0.05, 0.1) is 13.7 Å². The summed E-state index contributed by atoms with van der Waals surface area (Å²) >= 11 is 0. The van der Waals surface area contributed by atoms with E-state index in [-0.39, 0.29) is 20.1 Å². The molecule has 6 aromatic rings. The standard InChI is InChI=1S/C17H11N2O.C17H22NSi.Ir/c1-11-8-9-13-12-5-4-6-14(15-7-2-3-10-18-15)16(12)20-17(13)19-11;1-13(2)15-11-16(14-9-7-6-8-10-14)18-12-17(15)19(3,4)5;/h2-5,7-10H,1H3;6-9,11-13H,1-5H3;/q2*-1;. The third-order valence-electron chi connectivity index (χ3n) is 6.71. The van der Waals surface area contributed by atoms with E-state index < -0.39 is 8.07 Å². The molecule has 6 heteroatoms. The number of aromatic nitrogens is 3. The van der Waals surface area contributed by atoms with Gasteiger partial charge in [-0.1, -0.05) is 68.2 Å². The number of benzene rings is 2. The molecule has 205 valence electrons. The first kappa shape index (κ1) is 29.5. The third kappa shape index (κ3) is 6.31. The van der Waals surface area contributed by atoms with Gasteiger partial charge in [0.25, 0.3) is 0 Å². The van der Waals surface area contributed by atoms with Crippen LogP contribution in [0.15, 0.2) is 89.6 Å². The summed E-state index contributed by atoms with van der Waals surface area (Å²) in [5, 5.41) is 3.55. The fourth-order valence-corrected chi connectivity index (χ4v) is 6.37. The van der Waals surface area contributed by atoms with Crippen molar-refractivity contribution in [3.63, 3.8) is 0 Å². The van der Waals surface area contributed by atoms with E-state index in [1.165, 1.54) is 10.8 Å². The Labute approximate surface area is 251 Å². The molecule has 4 nitrogen and oxygen atoms in total. The summed E-state index contributed by atoms with van der Waals surface area (Å²) in [6.07, 6.45) is 3.87. The van der Waals surface area contributed by atoms with Gasteiger partial charge in [-0.05, 0) is 47.6 Å². The summed E-state index contributed by atoms with van der Waals surface area (Å²) in [4.78, 5) is 13.5. The Morgan fingerprint density at radius 1 is 0.825 bits per heavy atom. The van der Waals surface area contributed by atoms with Crippen LogP contribution in [0.2, 0.25) is 19.6 Å². The van der Waals surface area contributed by atoms with Crippen molar-refractivity contribution in [2.24, 2.45) is 0 Å². The molecule has 0 bridgehead atoms. The molecule has 4 aromatic heterocycles. The largest absolute Gasteiger partial charge is 0.486 e. The quantitative estimate of drug-likeness (QED) is 0.136. The summed E-state index contributed by atoms with van der Waals surface area (Å²) in [6, 6.07) is 30.5. The summed E-state index contributed by atoms with van der Waals surface area (Å²) in [5.41, 5.74) is 7.68. The van der Waals surface area contributed by atoms with Gasteiger partial charge in [0, 0.05) is 43.6 Å². The van der Waals surface area contributed by atoms with Crippen LogP contribution in [0.5, 0.6) is 0 Å². The van der Waals surface area contributed by atoms with Crippen LogP contribution < -0.4 is 5.19 Å². The van der Waals surface area contributed by atoms with Crippen molar-refractivity contribution in [2.75, 3.05) is 0 Å². The number of rotatable bonds is 4. The van der Waals surface area contributed by atoms with Crippen molar-refractivity contribution in [3.05, 3.63) is 109 Å². The Kier molecular flexibility index (Phi) is 9.14. The predicted octanol–water partition coefficient (Wildman–Crippen LogP) is 8.37. The molecule has 0 fully saturated rings. The molecule has 0 saturated heterocycles. The Bertz CT molecular complexity index is 1730. The maximum Gasteiger partial charge on any atom is 0.216 e. The molecule has 0 unspecified atom stereocenters. The number of hydrogen-bond acceptors (Lipinski definition) is 4. The van der Waals surface area contributed by atoms with Gasteiger partial charge in [0.15, 0.2) is 0 Å². The van der Waals surface area contributed by atoms with E-state index in [2.05, 4.69) is 78.9 Å². The van der Waals surface area contributed by atoms with Crippen molar-refractivity contribution in [2.45, 2.75) is 46.3 Å². The van der Waals surface area contributed by atoms with Crippen LogP contribution >= 0.6 is 0 Å². The summed E-state index contributed by atoms with van der Waals surface area (Å²) in [6.45, 7) is 13.6. The van der Waals surface area contributed by atoms with Crippen molar-refractivity contribution in [1.29, 1.82) is 0 Å². The number of fused-ring (bicyclic) bond motifs is 3. The number of pyridine rings is 3. The molecular weight excluding hydrogens is 687 g/mol. The van der Waals surface area contributed by atoms with Gasteiger partial charge < -0.3 is 14.4 Å². The van der Waals surface area contributed by atoms with Gasteiger partial charge >= 0.3 is 0 Å². The van der Waals surface area contributed by atoms with E-state index in [0.29, 0.717) is 11.6 Å². The zero-order valence-electron chi connectivity index (χ0n) is 23.7. The van der Waals surface area contributed by atoms with E-state index >= 15 is 0 Å². The summed E-state index contributed by atoms with van der Waals surface area (Å²) in [7, 11) is -1.34. The zero-order valence-corrected chi connectivity index (χ0v) is 27.1. The number of aryl methyl sites for hydroxylation is 1. The molecule has 0 amide bonds. The Morgan fingerprint density at radius 3 is 2.30 bits per heavy atom. The van der Waals surface area contributed by atoms with E-state index in [9.17, 15) is 0 Å². The first-order valence-electron chi connectivity index (χ1n) is 13.3. The Morgan fingerprint density at radius 2 is 1.62 bits per heavy atom. The molecule has 0 atom stereocenters. The van der Waals surface area contributed by atoms with Crippen molar-refractivity contribution in [3.8, 4) is 22.5 Å². The van der Waals surface area contributed by atoms with E-state index in [0.717, 1.165) is 44.6 Å². The average Bonchev–Trinajstić information content (AvgIpc) is 3.31. The summed E-state index contributed by atoms with van der Waals surface area (Å²) < 4.78 is 5.94. The third-order valence-corrected chi connectivity index (χ3v) is 8.74. The Balaban J connectivity index is 0.000000181. The van der Waals surface area contributed by atoms with E-state index in [4.69, 9.17) is 4.42 Å². The van der Waals surface area contributed by atoms with Crippen LogP contribution in [0.25, 0.3) is 44.6 Å². The minimum Gasteiger partial charge on any atom is -0.486 e. The number of hydrogen-bond donors (Lipinski definition) is 0. The molecular formula is C34H33IrN3OSi-2. The van der Waals surface area contributed by atoms with Crippen molar-refractivity contribution >= 4 is 35.3 Å². The normalized spacial score (nSPS) is 11.3. The average molecular weight is 720 g/mol. The Hall–Kier alpha value is -3.44. The van der Waals surface area contributed by atoms with Crippen LogP contribution in [-0.4, -0.2) is 23.0 Å². The number of nitrogens with zero attached hydrogens (tertiary/aromatic N) is 3. The van der Waals surface area contributed by atoms with Crippen LogP contribution in [0.1, 0.15) is 31.0 Å². The fourth-order valence-electron chi connectivity index (χ4n) is 4.69. The second-order valence-electron chi connectivity index (χ2n) is 11.1. The fraction of sp³-hybridized carbons (Fsp3) is 0.206. The maximum atomic E-state index is 5.94. The van der Waals surface area contributed by atoms with Crippen LogP contribution in [-0.2, 0) is 20.1 Å². The maximum absolute atomic E-state index is 5.94. The molecule has 0 aliphatic carbocycles. The topological polar surface area (TPSA) is 51.8 Å². The van der Waals surface area contributed by atoms with Gasteiger partial charge in [-0.25, -0.2) is 4.98 Å². The van der Waals surface area contributed by atoms with Crippen LogP contribution in [0, 0.1) is 19.1 Å². The van der Waals surface area contributed by atoms with Gasteiger partial charge in [-0.2, -0.15) is 0 Å². The molecule has 2 aromatic carbocycles. The molecule has 40 heavy (non-hydrogen) atoms. The van der Waals surface area contributed by atoms with Gasteiger partial charge in [0.1, 0.15) is 0 Å². The number of furan rings is 1. The van der Waals surface area contributed by atoms with Gasteiger partial charge in [-0.3, -0.25) is 0 Å². The smallest absolute Gasteiger partial charge is 0.216 e. The first-order valence-corrected chi connectivity index (χ1v) is 16.8. The van der Waals surface area contributed by atoms with Gasteiger partial charge in [0.2, 0.25) is 5.71 Å². The predicted molar refractivity (Wildman–Crippen MR) is 164 cm³/mol. The zero-order chi connectivity index (χ0) is 27.6. The molecule has 0 spiro atoms. The first-order chi connectivity index (χ1) is 18.7. The molecule has 6 rings (SSSR count). The van der Waals surface area contributed by atoms with Crippen LogP contribution in [0.3, 0.4) is 0 Å².